The van der Waals surface area contributed by atoms with Gasteiger partial charge in [-0.15, -0.1) is 0 Å². The Balaban J connectivity index is 1.83. The maximum absolute atomic E-state index is 10.0. The number of hydrogen-bond acceptors (Lipinski definition) is 1. The second-order valence-electron chi connectivity index (χ2n) is 9.11. The highest BCUT2D eigenvalue weighted by molar-refractivity contribution is 6.07. The summed E-state index contributed by atoms with van der Waals surface area (Å²) in [5.41, 5.74) is 11.6. The van der Waals surface area contributed by atoms with Crippen molar-refractivity contribution < 1.29 is 5.11 Å². The van der Waals surface area contributed by atoms with E-state index in [2.05, 4.69) is 127 Å². The Morgan fingerprint density at radius 2 is 0.622 bits per heavy atom. The fourth-order valence-electron chi connectivity index (χ4n) is 5.10. The maximum atomic E-state index is 10.0. The van der Waals surface area contributed by atoms with Gasteiger partial charge in [-0.1, -0.05) is 133 Å². The van der Waals surface area contributed by atoms with Gasteiger partial charge in [0.25, 0.3) is 0 Å². The molecule has 1 N–H and O–H groups in total. The Morgan fingerprint density at radius 1 is 0.297 bits per heavy atom. The highest BCUT2D eigenvalue weighted by atomic mass is 16.3. The van der Waals surface area contributed by atoms with Crippen molar-refractivity contribution in [2.24, 2.45) is 0 Å². The lowest BCUT2D eigenvalue weighted by atomic mass is 9.79. The van der Waals surface area contributed by atoms with Gasteiger partial charge in [-0.05, 0) is 73.8 Å². The molecule has 0 fully saturated rings. The summed E-state index contributed by atoms with van der Waals surface area (Å²) in [6.45, 7) is 0. The Labute approximate surface area is 218 Å². The maximum Gasteiger partial charge on any atom is 0.115 e. The second-order valence-corrected chi connectivity index (χ2v) is 9.11. The lowest BCUT2D eigenvalue weighted by Gasteiger charge is -2.24. The van der Waals surface area contributed by atoms with Gasteiger partial charge in [-0.2, -0.15) is 0 Å². The Kier molecular flexibility index (Phi) is 6.10. The lowest BCUT2D eigenvalue weighted by Crippen LogP contribution is -1.98. The summed E-state index contributed by atoms with van der Waals surface area (Å²) in [4.78, 5) is 0. The summed E-state index contributed by atoms with van der Waals surface area (Å²) in [7, 11) is 0. The Hall–Kier alpha value is -4.88. The van der Waals surface area contributed by atoms with Crippen molar-refractivity contribution >= 4 is 0 Å². The average Bonchev–Trinajstić information content (AvgIpc) is 2.98. The zero-order valence-electron chi connectivity index (χ0n) is 20.4. The van der Waals surface area contributed by atoms with Crippen LogP contribution in [-0.2, 0) is 0 Å². The van der Waals surface area contributed by atoms with Gasteiger partial charge in [-0.3, -0.25) is 0 Å². The number of rotatable bonds is 5. The van der Waals surface area contributed by atoms with Crippen LogP contribution in [0.4, 0.5) is 0 Å². The zero-order chi connectivity index (χ0) is 25.0. The highest BCUT2D eigenvalue weighted by Gasteiger charge is 2.23. The third-order valence-corrected chi connectivity index (χ3v) is 6.78. The standard InChI is InChI=1S/C36H26O/c37-31-23-21-27(22-24-31)33-25-32(26-13-5-1-6-14-26)34(28-15-7-2-8-16-28)36(30-19-11-4-12-20-30)35(33)29-17-9-3-10-18-29/h1-25,37H. The first-order valence-electron chi connectivity index (χ1n) is 12.5. The smallest absolute Gasteiger partial charge is 0.115 e. The van der Waals surface area contributed by atoms with E-state index in [4.69, 9.17) is 0 Å². The van der Waals surface area contributed by atoms with Crippen LogP contribution in [0, 0.1) is 0 Å². The van der Waals surface area contributed by atoms with E-state index in [-0.39, 0.29) is 5.75 Å². The van der Waals surface area contributed by atoms with Crippen LogP contribution in [0.2, 0.25) is 0 Å². The van der Waals surface area contributed by atoms with Crippen molar-refractivity contribution in [3.8, 4) is 61.4 Å². The van der Waals surface area contributed by atoms with Gasteiger partial charge in [0, 0.05) is 0 Å². The van der Waals surface area contributed by atoms with Crippen LogP contribution in [0.1, 0.15) is 0 Å². The number of aromatic hydroxyl groups is 1. The minimum atomic E-state index is 0.262. The van der Waals surface area contributed by atoms with Crippen LogP contribution in [-0.4, -0.2) is 5.11 Å². The Morgan fingerprint density at radius 3 is 1.03 bits per heavy atom. The van der Waals surface area contributed by atoms with Gasteiger partial charge in [-0.25, -0.2) is 0 Å². The molecule has 0 unspecified atom stereocenters. The topological polar surface area (TPSA) is 20.2 Å². The molecule has 0 saturated carbocycles. The molecular formula is C36H26O. The predicted octanol–water partition coefficient (Wildman–Crippen LogP) is 9.73. The van der Waals surface area contributed by atoms with E-state index < -0.39 is 0 Å². The van der Waals surface area contributed by atoms with Gasteiger partial charge in [0.2, 0.25) is 0 Å². The molecule has 1 heteroatoms. The minimum absolute atomic E-state index is 0.262. The number of phenolic OH excluding ortho intramolecular Hbond substituents is 1. The molecule has 0 heterocycles. The van der Waals surface area contributed by atoms with E-state index in [1.807, 2.05) is 12.1 Å². The quantitative estimate of drug-likeness (QED) is 0.264. The van der Waals surface area contributed by atoms with Crippen LogP contribution in [0.3, 0.4) is 0 Å². The van der Waals surface area contributed by atoms with Crippen LogP contribution in [0.15, 0.2) is 152 Å². The van der Waals surface area contributed by atoms with Gasteiger partial charge in [0.15, 0.2) is 0 Å². The summed E-state index contributed by atoms with van der Waals surface area (Å²) in [6, 6.07) is 52.4. The molecule has 1 nitrogen and oxygen atoms in total. The normalized spacial score (nSPS) is 10.8. The molecule has 0 bridgehead atoms. The summed E-state index contributed by atoms with van der Waals surface area (Å²) in [6.07, 6.45) is 0. The molecule has 0 radical (unpaired) electrons. The third kappa shape index (κ3) is 4.44. The van der Waals surface area contributed by atoms with Crippen molar-refractivity contribution in [1.82, 2.24) is 0 Å². The highest BCUT2D eigenvalue weighted by Crippen LogP contribution is 2.50. The zero-order valence-corrected chi connectivity index (χ0v) is 20.4. The van der Waals surface area contributed by atoms with Gasteiger partial charge < -0.3 is 5.11 Å². The monoisotopic (exact) mass is 474 g/mol. The molecule has 6 aromatic rings. The molecule has 0 aliphatic carbocycles. The SMILES string of the molecule is Oc1ccc(-c2cc(-c3ccccc3)c(-c3ccccc3)c(-c3ccccc3)c2-c2ccccc2)cc1. The molecule has 0 atom stereocenters. The molecule has 0 aliphatic heterocycles. The minimum Gasteiger partial charge on any atom is -0.508 e. The molecule has 37 heavy (non-hydrogen) atoms. The van der Waals surface area contributed by atoms with Gasteiger partial charge in [0.05, 0.1) is 0 Å². The van der Waals surface area contributed by atoms with Crippen molar-refractivity contribution in [2.45, 2.75) is 0 Å². The average molecular weight is 475 g/mol. The van der Waals surface area contributed by atoms with Crippen molar-refractivity contribution in [3.63, 3.8) is 0 Å². The van der Waals surface area contributed by atoms with E-state index in [9.17, 15) is 5.11 Å². The molecule has 0 saturated heterocycles. The molecule has 0 spiro atoms. The van der Waals surface area contributed by atoms with E-state index in [1.54, 1.807) is 12.1 Å². The third-order valence-electron chi connectivity index (χ3n) is 6.78. The first-order valence-corrected chi connectivity index (χ1v) is 12.5. The molecule has 0 aliphatic rings. The molecule has 176 valence electrons. The van der Waals surface area contributed by atoms with Crippen molar-refractivity contribution in [1.29, 1.82) is 0 Å². The summed E-state index contributed by atoms with van der Waals surface area (Å²) >= 11 is 0. The van der Waals surface area contributed by atoms with Crippen LogP contribution >= 0.6 is 0 Å². The van der Waals surface area contributed by atoms with Gasteiger partial charge in [0.1, 0.15) is 5.75 Å². The van der Waals surface area contributed by atoms with E-state index in [1.165, 1.54) is 27.8 Å². The van der Waals surface area contributed by atoms with Crippen LogP contribution < -0.4 is 0 Å². The van der Waals surface area contributed by atoms with Crippen LogP contribution in [0.25, 0.3) is 55.6 Å². The first kappa shape index (κ1) is 22.6. The van der Waals surface area contributed by atoms with Crippen molar-refractivity contribution in [3.05, 3.63) is 152 Å². The fraction of sp³-hybridized carbons (Fsp3) is 0. The predicted molar refractivity (Wildman–Crippen MR) is 155 cm³/mol. The number of phenols is 1. The number of hydrogen-bond donors (Lipinski definition) is 1. The molecule has 6 rings (SSSR count). The van der Waals surface area contributed by atoms with Gasteiger partial charge >= 0.3 is 0 Å². The largest absolute Gasteiger partial charge is 0.508 e. The summed E-state index contributed by atoms with van der Waals surface area (Å²) in [5.74, 6) is 0.262. The lowest BCUT2D eigenvalue weighted by molar-refractivity contribution is 0.475. The van der Waals surface area contributed by atoms with E-state index in [0.29, 0.717) is 0 Å². The van der Waals surface area contributed by atoms with E-state index in [0.717, 1.165) is 27.8 Å². The molecule has 0 amide bonds. The second kappa shape index (κ2) is 10.0. The Bertz CT molecular complexity index is 1620. The molecular weight excluding hydrogens is 448 g/mol. The number of benzene rings is 6. The molecule has 6 aromatic carbocycles. The van der Waals surface area contributed by atoms with E-state index >= 15 is 0 Å². The summed E-state index contributed by atoms with van der Waals surface area (Å²) in [5, 5.41) is 10.0. The first-order chi connectivity index (χ1) is 18.3. The van der Waals surface area contributed by atoms with Crippen molar-refractivity contribution in [2.75, 3.05) is 0 Å². The molecule has 0 aromatic heterocycles. The fourth-order valence-corrected chi connectivity index (χ4v) is 5.10. The van der Waals surface area contributed by atoms with Crippen LogP contribution in [0.5, 0.6) is 5.75 Å². The summed E-state index contributed by atoms with van der Waals surface area (Å²) < 4.78 is 0.